The van der Waals surface area contributed by atoms with Gasteiger partial charge in [0.2, 0.25) is 0 Å². The number of hydrogen-bond donors (Lipinski definition) is 3. The third-order valence-electron chi connectivity index (χ3n) is 3.15. The molecule has 1 aromatic carbocycles. The molecule has 0 fully saturated rings. The first-order chi connectivity index (χ1) is 8.60. The molecular weight excluding hydrogens is 246 g/mol. The van der Waals surface area contributed by atoms with Crippen LogP contribution in [0.25, 0.3) is 11.0 Å². The normalized spacial score (nSPS) is 14.8. The van der Waals surface area contributed by atoms with E-state index in [1.165, 1.54) is 5.56 Å². The lowest BCUT2D eigenvalue weighted by Crippen LogP contribution is -2.25. The summed E-state index contributed by atoms with van der Waals surface area (Å²) in [4.78, 5) is 16.7. The third kappa shape index (κ3) is 2.97. The van der Waals surface area contributed by atoms with Crippen LogP contribution in [0.2, 0.25) is 0 Å². The summed E-state index contributed by atoms with van der Waals surface area (Å²) in [6, 6.07) is 6.29. The van der Waals surface area contributed by atoms with Crippen molar-refractivity contribution in [3.8, 4) is 0 Å². The van der Waals surface area contributed by atoms with E-state index in [0.29, 0.717) is 5.25 Å². The van der Waals surface area contributed by atoms with Gasteiger partial charge in [-0.1, -0.05) is 13.0 Å². The highest BCUT2D eigenvalue weighted by Crippen LogP contribution is 2.17. The number of nitrogens with one attached hydrogen (secondary N) is 3. The highest BCUT2D eigenvalue weighted by atomic mass is 32.2. The molecule has 0 radical (unpaired) electrons. The van der Waals surface area contributed by atoms with Gasteiger partial charge in [-0.05, 0) is 30.9 Å². The molecule has 1 heterocycles. The number of imidazole rings is 1. The van der Waals surface area contributed by atoms with Crippen LogP contribution >= 0.6 is 11.8 Å². The van der Waals surface area contributed by atoms with E-state index in [9.17, 15) is 4.79 Å². The Morgan fingerprint density at radius 3 is 2.72 bits per heavy atom. The first kappa shape index (κ1) is 13.2. The van der Waals surface area contributed by atoms with Crippen molar-refractivity contribution in [2.45, 2.75) is 25.1 Å². The van der Waals surface area contributed by atoms with E-state index in [0.717, 1.165) is 17.6 Å². The summed E-state index contributed by atoms with van der Waals surface area (Å²) < 4.78 is 0. The van der Waals surface area contributed by atoms with Gasteiger partial charge in [-0.15, -0.1) is 0 Å². The maximum Gasteiger partial charge on any atom is 0.323 e. The predicted octanol–water partition coefficient (Wildman–Crippen LogP) is 2.26. The van der Waals surface area contributed by atoms with E-state index in [1.807, 2.05) is 30.0 Å². The number of aromatic amines is 2. The van der Waals surface area contributed by atoms with Crippen LogP contribution in [0, 0.1) is 0 Å². The van der Waals surface area contributed by atoms with Crippen molar-refractivity contribution in [2.75, 3.05) is 12.8 Å². The van der Waals surface area contributed by atoms with E-state index >= 15 is 0 Å². The Bertz CT molecular complexity index is 575. The number of H-pyrrole nitrogens is 2. The molecule has 2 unspecified atom stereocenters. The fourth-order valence-corrected chi connectivity index (χ4v) is 2.13. The summed E-state index contributed by atoms with van der Waals surface area (Å²) >= 11 is 1.85. The molecule has 18 heavy (non-hydrogen) atoms. The van der Waals surface area contributed by atoms with Crippen molar-refractivity contribution in [1.82, 2.24) is 15.3 Å². The fourth-order valence-electron chi connectivity index (χ4n) is 1.86. The maximum absolute atomic E-state index is 11.2. The first-order valence-electron chi connectivity index (χ1n) is 6.08. The lowest BCUT2D eigenvalue weighted by atomic mass is 10.1. The minimum absolute atomic E-state index is 0.154. The van der Waals surface area contributed by atoms with Crippen LogP contribution < -0.4 is 11.0 Å². The van der Waals surface area contributed by atoms with Crippen molar-refractivity contribution in [3.05, 3.63) is 34.2 Å². The highest BCUT2D eigenvalue weighted by molar-refractivity contribution is 7.99. The molecule has 0 bridgehead atoms. The third-order valence-corrected chi connectivity index (χ3v) is 4.13. The minimum Gasteiger partial charge on any atom is -0.309 e. The second-order valence-electron chi connectivity index (χ2n) is 4.56. The van der Waals surface area contributed by atoms with E-state index in [-0.39, 0.29) is 11.7 Å². The lowest BCUT2D eigenvalue weighted by molar-refractivity contribution is 0.576. The van der Waals surface area contributed by atoms with Gasteiger partial charge < -0.3 is 15.3 Å². The molecule has 3 N–H and O–H groups in total. The van der Waals surface area contributed by atoms with Gasteiger partial charge in [-0.2, -0.15) is 11.8 Å². The highest BCUT2D eigenvalue weighted by Gasteiger charge is 2.08. The number of benzene rings is 1. The van der Waals surface area contributed by atoms with Crippen molar-refractivity contribution < 1.29 is 0 Å². The Balaban J connectivity index is 2.12. The van der Waals surface area contributed by atoms with Crippen LogP contribution in [0.4, 0.5) is 0 Å². The van der Waals surface area contributed by atoms with Crippen molar-refractivity contribution in [3.63, 3.8) is 0 Å². The largest absolute Gasteiger partial charge is 0.323 e. The molecule has 2 atom stereocenters. The molecule has 4 nitrogen and oxygen atoms in total. The standard InChI is InChI=1S/C13H19N3OS/c1-8(18-3)7-14-9(2)10-4-5-11-12(6-10)16-13(17)15-11/h4-6,8-9,14H,7H2,1-3H3,(H2,15,16,17). The molecule has 0 saturated carbocycles. The molecule has 2 rings (SSSR count). The summed E-state index contributed by atoms with van der Waals surface area (Å²) in [7, 11) is 0. The van der Waals surface area contributed by atoms with Crippen LogP contribution in [-0.2, 0) is 0 Å². The molecule has 98 valence electrons. The first-order valence-corrected chi connectivity index (χ1v) is 7.37. The number of aromatic nitrogens is 2. The number of thioether (sulfide) groups is 1. The van der Waals surface area contributed by atoms with Gasteiger partial charge in [0.25, 0.3) is 0 Å². The van der Waals surface area contributed by atoms with Crippen LogP contribution in [-0.4, -0.2) is 28.0 Å². The average Bonchev–Trinajstić information content (AvgIpc) is 2.74. The van der Waals surface area contributed by atoms with Gasteiger partial charge in [0.05, 0.1) is 11.0 Å². The van der Waals surface area contributed by atoms with Crippen LogP contribution in [0.5, 0.6) is 0 Å². The van der Waals surface area contributed by atoms with E-state index in [2.05, 4.69) is 35.4 Å². The molecule has 0 aliphatic rings. The summed E-state index contributed by atoms with van der Waals surface area (Å²) in [5.41, 5.74) is 2.75. The Hall–Kier alpha value is -1.20. The van der Waals surface area contributed by atoms with Gasteiger partial charge in [0.1, 0.15) is 0 Å². The molecule has 2 aromatic rings. The molecule has 1 aromatic heterocycles. The average molecular weight is 265 g/mol. The quantitative estimate of drug-likeness (QED) is 0.777. The molecule has 0 amide bonds. The lowest BCUT2D eigenvalue weighted by Gasteiger charge is -2.17. The Morgan fingerprint density at radius 1 is 1.28 bits per heavy atom. The second kappa shape index (κ2) is 5.63. The molecule has 5 heteroatoms. The molecule has 0 saturated heterocycles. The zero-order valence-electron chi connectivity index (χ0n) is 10.9. The van der Waals surface area contributed by atoms with Gasteiger partial charge in [-0.25, -0.2) is 4.79 Å². The number of fused-ring (bicyclic) bond motifs is 1. The van der Waals surface area contributed by atoms with Crippen LogP contribution in [0.15, 0.2) is 23.0 Å². The monoisotopic (exact) mass is 265 g/mol. The smallest absolute Gasteiger partial charge is 0.309 e. The van der Waals surface area contributed by atoms with Crippen LogP contribution in [0.3, 0.4) is 0 Å². The second-order valence-corrected chi connectivity index (χ2v) is 5.84. The Kier molecular flexibility index (Phi) is 4.14. The van der Waals surface area contributed by atoms with Crippen molar-refractivity contribution in [2.24, 2.45) is 0 Å². The fraction of sp³-hybridized carbons (Fsp3) is 0.462. The summed E-state index contributed by atoms with van der Waals surface area (Å²) in [5.74, 6) is 0. The maximum atomic E-state index is 11.2. The topological polar surface area (TPSA) is 60.7 Å². The van der Waals surface area contributed by atoms with E-state index in [1.54, 1.807) is 0 Å². The molecule has 0 spiro atoms. The molecule has 0 aliphatic carbocycles. The SMILES string of the molecule is CSC(C)CNC(C)c1ccc2[nH]c(=O)[nH]c2c1. The zero-order valence-corrected chi connectivity index (χ0v) is 11.7. The number of rotatable bonds is 5. The van der Waals surface area contributed by atoms with E-state index in [4.69, 9.17) is 0 Å². The number of hydrogen-bond acceptors (Lipinski definition) is 3. The summed E-state index contributed by atoms with van der Waals surface area (Å²) in [5, 5.41) is 4.10. The van der Waals surface area contributed by atoms with Gasteiger partial charge >= 0.3 is 5.69 Å². The molecular formula is C13H19N3OS. The Morgan fingerprint density at radius 2 is 2.00 bits per heavy atom. The zero-order chi connectivity index (χ0) is 13.1. The van der Waals surface area contributed by atoms with Crippen molar-refractivity contribution >= 4 is 22.8 Å². The summed E-state index contributed by atoms with van der Waals surface area (Å²) in [6.07, 6.45) is 2.12. The molecule has 0 aliphatic heterocycles. The van der Waals surface area contributed by atoms with Gasteiger partial charge in [0, 0.05) is 17.8 Å². The van der Waals surface area contributed by atoms with Crippen LogP contribution in [0.1, 0.15) is 25.5 Å². The minimum atomic E-state index is -0.154. The van der Waals surface area contributed by atoms with Gasteiger partial charge in [0.15, 0.2) is 0 Å². The Labute approximate surface area is 111 Å². The van der Waals surface area contributed by atoms with Crippen molar-refractivity contribution in [1.29, 1.82) is 0 Å². The van der Waals surface area contributed by atoms with E-state index < -0.39 is 0 Å². The predicted molar refractivity (Wildman–Crippen MR) is 78.3 cm³/mol. The summed E-state index contributed by atoms with van der Waals surface area (Å²) in [6.45, 7) is 5.32. The van der Waals surface area contributed by atoms with Gasteiger partial charge in [-0.3, -0.25) is 0 Å².